The van der Waals surface area contributed by atoms with Crippen LogP contribution in [0.25, 0.3) is 11.3 Å². The first kappa shape index (κ1) is 18.3. The molecule has 1 atom stereocenters. The van der Waals surface area contributed by atoms with Crippen LogP contribution < -0.4 is 10.6 Å². The molecule has 7 heteroatoms. The van der Waals surface area contributed by atoms with Crippen LogP contribution in [0.15, 0.2) is 29.6 Å². The van der Waals surface area contributed by atoms with Crippen molar-refractivity contribution in [3.63, 3.8) is 0 Å². The smallest absolute Gasteiger partial charge is 0.227 e. The van der Waals surface area contributed by atoms with Gasteiger partial charge in [0.2, 0.25) is 5.91 Å². The summed E-state index contributed by atoms with van der Waals surface area (Å²) in [6, 6.07) is 8.52. The molecule has 1 aromatic carbocycles. The molecule has 3 rings (SSSR count). The van der Waals surface area contributed by atoms with Gasteiger partial charge in [-0.05, 0) is 6.92 Å². The Balaban J connectivity index is 0.00000192. The molecule has 1 amide bonds. The number of carbonyl (C=O) groups is 1. The minimum absolute atomic E-state index is 0. The zero-order valence-corrected chi connectivity index (χ0v) is 15.3. The van der Waals surface area contributed by atoms with Crippen LogP contribution in [-0.2, 0) is 4.79 Å². The lowest BCUT2D eigenvalue weighted by atomic mass is 10.1. The Labute approximate surface area is 150 Å². The third kappa shape index (κ3) is 5.21. The molecule has 1 fully saturated rings. The number of benzene rings is 1. The van der Waals surface area contributed by atoms with Gasteiger partial charge in [0.1, 0.15) is 0 Å². The normalized spacial score (nSPS) is 17.3. The van der Waals surface area contributed by atoms with Crippen LogP contribution in [0, 0.1) is 6.92 Å². The molecule has 0 saturated carbocycles. The van der Waals surface area contributed by atoms with Crippen molar-refractivity contribution in [1.29, 1.82) is 0 Å². The number of thiazole rings is 1. The molecule has 0 bridgehead atoms. The molecule has 2 heterocycles. The first-order valence-electron chi connectivity index (χ1n) is 7.34. The van der Waals surface area contributed by atoms with Crippen LogP contribution in [0.1, 0.15) is 12.0 Å². The van der Waals surface area contributed by atoms with Gasteiger partial charge in [-0.3, -0.25) is 4.79 Å². The zero-order valence-electron chi connectivity index (χ0n) is 12.9. The average Bonchev–Trinajstić information content (AvgIpc) is 2.97. The van der Waals surface area contributed by atoms with E-state index < -0.39 is 0 Å². The van der Waals surface area contributed by atoms with E-state index in [1.807, 2.05) is 17.1 Å². The molecule has 1 unspecified atom stereocenters. The number of aryl methyl sites for hydroxylation is 1. The fraction of sp³-hybridized carbons (Fsp3) is 0.375. The number of hydrogen-bond acceptors (Lipinski definition) is 5. The van der Waals surface area contributed by atoms with Gasteiger partial charge in [0.05, 0.1) is 5.69 Å². The summed E-state index contributed by atoms with van der Waals surface area (Å²) >= 11 is 3.37. The quantitative estimate of drug-likeness (QED) is 0.865. The molecule has 2 N–H and O–H groups in total. The monoisotopic (exact) mass is 369 g/mol. The summed E-state index contributed by atoms with van der Waals surface area (Å²) in [6.07, 6.45) is 0.506. The average molecular weight is 370 g/mol. The van der Waals surface area contributed by atoms with E-state index in [0.29, 0.717) is 11.6 Å². The molecule has 0 radical (unpaired) electrons. The number of nitrogens with one attached hydrogen (secondary N) is 2. The molecule has 2 aromatic rings. The molecule has 1 saturated heterocycles. The number of rotatable bonds is 4. The highest BCUT2D eigenvalue weighted by atomic mass is 35.5. The van der Waals surface area contributed by atoms with Gasteiger partial charge in [-0.25, -0.2) is 4.98 Å². The van der Waals surface area contributed by atoms with E-state index in [1.165, 1.54) is 16.9 Å². The molecule has 23 heavy (non-hydrogen) atoms. The molecule has 0 aliphatic carbocycles. The van der Waals surface area contributed by atoms with Gasteiger partial charge >= 0.3 is 0 Å². The Hall–Kier alpha value is -1.08. The summed E-state index contributed by atoms with van der Waals surface area (Å²) in [5.74, 6) is 2.16. The number of nitrogens with zero attached hydrogens (tertiary/aromatic N) is 1. The number of amides is 1. The van der Waals surface area contributed by atoms with Crippen molar-refractivity contribution in [3.05, 3.63) is 35.2 Å². The highest BCUT2D eigenvalue weighted by Gasteiger charge is 2.17. The van der Waals surface area contributed by atoms with Gasteiger partial charge in [0.25, 0.3) is 0 Å². The van der Waals surface area contributed by atoms with Gasteiger partial charge in [-0.15, -0.1) is 23.7 Å². The van der Waals surface area contributed by atoms with Crippen molar-refractivity contribution in [1.82, 2.24) is 10.3 Å². The maximum absolute atomic E-state index is 12.1. The molecule has 124 valence electrons. The van der Waals surface area contributed by atoms with E-state index in [9.17, 15) is 4.79 Å². The van der Waals surface area contributed by atoms with Gasteiger partial charge < -0.3 is 10.6 Å². The second-order valence-electron chi connectivity index (χ2n) is 5.38. The molecule has 1 aromatic heterocycles. The molecule has 4 nitrogen and oxygen atoms in total. The minimum Gasteiger partial charge on any atom is -0.312 e. The summed E-state index contributed by atoms with van der Waals surface area (Å²) in [5, 5.41) is 8.93. The Morgan fingerprint density at radius 2 is 2.17 bits per heavy atom. The van der Waals surface area contributed by atoms with Crippen molar-refractivity contribution >= 4 is 46.5 Å². The van der Waals surface area contributed by atoms with E-state index in [0.717, 1.165) is 29.3 Å². The number of thioether (sulfide) groups is 1. The van der Waals surface area contributed by atoms with Gasteiger partial charge in [-0.2, -0.15) is 11.8 Å². The number of carbonyl (C=O) groups excluding carboxylic acids is 1. The summed E-state index contributed by atoms with van der Waals surface area (Å²) in [4.78, 5) is 16.6. The first-order valence-corrected chi connectivity index (χ1v) is 9.38. The van der Waals surface area contributed by atoms with Gasteiger partial charge in [-0.1, -0.05) is 29.8 Å². The second-order valence-corrected chi connectivity index (χ2v) is 7.39. The Morgan fingerprint density at radius 1 is 1.39 bits per heavy atom. The lowest BCUT2D eigenvalue weighted by Crippen LogP contribution is -2.39. The Morgan fingerprint density at radius 3 is 2.87 bits per heavy atom. The molecular weight excluding hydrogens is 350 g/mol. The fourth-order valence-corrected chi connectivity index (χ4v) is 4.02. The molecule has 1 aliphatic rings. The number of aromatic nitrogens is 1. The van der Waals surface area contributed by atoms with E-state index in [-0.39, 0.29) is 24.4 Å². The van der Waals surface area contributed by atoms with E-state index >= 15 is 0 Å². The van der Waals surface area contributed by atoms with Crippen LogP contribution in [0.3, 0.4) is 0 Å². The molecule has 1 aliphatic heterocycles. The highest BCUT2D eigenvalue weighted by molar-refractivity contribution is 7.99. The minimum atomic E-state index is 0. The largest absolute Gasteiger partial charge is 0.312 e. The topological polar surface area (TPSA) is 54.0 Å². The second kappa shape index (κ2) is 8.68. The zero-order chi connectivity index (χ0) is 15.4. The number of halogens is 1. The van der Waals surface area contributed by atoms with E-state index in [1.54, 1.807) is 0 Å². The van der Waals surface area contributed by atoms with Crippen molar-refractivity contribution in [3.8, 4) is 11.3 Å². The SMILES string of the molecule is Cc1ccc(-c2csc(NC(=O)CC3CSCCN3)n2)cc1.Cl. The first-order chi connectivity index (χ1) is 10.7. The van der Waals surface area contributed by atoms with Crippen molar-refractivity contribution in [2.75, 3.05) is 23.4 Å². The highest BCUT2D eigenvalue weighted by Crippen LogP contribution is 2.25. The van der Waals surface area contributed by atoms with Crippen LogP contribution in [0.5, 0.6) is 0 Å². The van der Waals surface area contributed by atoms with Crippen LogP contribution >= 0.6 is 35.5 Å². The summed E-state index contributed by atoms with van der Waals surface area (Å²) in [6.45, 7) is 3.05. The molecule has 0 spiro atoms. The Bertz CT molecular complexity index is 639. The van der Waals surface area contributed by atoms with Crippen LogP contribution in [-0.4, -0.2) is 35.0 Å². The summed E-state index contributed by atoms with van der Waals surface area (Å²) < 4.78 is 0. The number of hydrogen-bond donors (Lipinski definition) is 2. The van der Waals surface area contributed by atoms with Crippen molar-refractivity contribution < 1.29 is 4.79 Å². The summed E-state index contributed by atoms with van der Waals surface area (Å²) in [5.41, 5.74) is 3.21. The lowest BCUT2D eigenvalue weighted by Gasteiger charge is -2.22. The number of anilines is 1. The van der Waals surface area contributed by atoms with E-state index in [4.69, 9.17) is 0 Å². The van der Waals surface area contributed by atoms with E-state index in [2.05, 4.69) is 46.8 Å². The van der Waals surface area contributed by atoms with Crippen molar-refractivity contribution in [2.24, 2.45) is 0 Å². The fourth-order valence-electron chi connectivity index (χ4n) is 2.33. The summed E-state index contributed by atoms with van der Waals surface area (Å²) in [7, 11) is 0. The molecular formula is C16H20ClN3OS2. The third-order valence-corrected chi connectivity index (χ3v) is 5.42. The van der Waals surface area contributed by atoms with Crippen LogP contribution in [0.2, 0.25) is 0 Å². The standard InChI is InChI=1S/C16H19N3OS2.ClH/c1-11-2-4-12(5-3-11)14-10-22-16(18-14)19-15(20)8-13-9-21-7-6-17-13;/h2-5,10,13,17H,6-9H2,1H3,(H,18,19,20);1H. The Kier molecular flexibility index (Phi) is 6.89. The lowest BCUT2D eigenvalue weighted by molar-refractivity contribution is -0.116. The predicted molar refractivity (Wildman–Crippen MR) is 102 cm³/mol. The van der Waals surface area contributed by atoms with Crippen LogP contribution in [0.4, 0.5) is 5.13 Å². The van der Waals surface area contributed by atoms with Gasteiger partial charge in [0.15, 0.2) is 5.13 Å². The maximum atomic E-state index is 12.1. The van der Waals surface area contributed by atoms with Gasteiger partial charge in [0, 0.05) is 41.5 Å². The predicted octanol–water partition coefficient (Wildman–Crippen LogP) is 3.57. The maximum Gasteiger partial charge on any atom is 0.227 e. The third-order valence-electron chi connectivity index (χ3n) is 3.53. The van der Waals surface area contributed by atoms with Crippen molar-refractivity contribution in [2.45, 2.75) is 19.4 Å².